The maximum Gasteiger partial charge on any atom is 0.410 e. The molecule has 47 heavy (non-hydrogen) atoms. The summed E-state index contributed by atoms with van der Waals surface area (Å²) in [5.41, 5.74) is 0.161. The minimum Gasteiger partial charge on any atom is -0.458 e. The molecule has 0 saturated heterocycles. The number of aliphatic hydroxyl groups is 1. The van der Waals surface area contributed by atoms with Gasteiger partial charge in [-0.05, 0) is 78.4 Å². The Labute approximate surface area is 278 Å². The average Bonchev–Trinajstić information content (AvgIpc) is 2.99. The highest BCUT2D eigenvalue weighted by atomic mass is 16.6. The zero-order valence-electron chi connectivity index (χ0n) is 28.5. The van der Waals surface area contributed by atoms with Crippen LogP contribution in [0.4, 0.5) is 14.4 Å². The third-order valence-corrected chi connectivity index (χ3v) is 6.41. The van der Waals surface area contributed by atoms with Gasteiger partial charge in [0.25, 0.3) is 0 Å². The molecule has 12 nitrogen and oxygen atoms in total. The number of unbranched alkanes of at least 4 members (excludes halogenated alkanes) is 1. The smallest absolute Gasteiger partial charge is 0.410 e. The zero-order chi connectivity index (χ0) is 34.9. The summed E-state index contributed by atoms with van der Waals surface area (Å²) in [6.45, 7) is 10.9. The van der Waals surface area contributed by atoms with Crippen LogP contribution >= 0.6 is 0 Å². The van der Waals surface area contributed by atoms with Crippen LogP contribution in [0.2, 0.25) is 0 Å². The fraction of sp³-hybridized carbons (Fsp3) is 0.543. The van der Waals surface area contributed by atoms with Gasteiger partial charge in [-0.1, -0.05) is 60.7 Å². The molecule has 0 aliphatic carbocycles. The topological polar surface area (TPSA) is 153 Å². The Morgan fingerprint density at radius 2 is 1.30 bits per heavy atom. The molecule has 2 atom stereocenters. The van der Waals surface area contributed by atoms with Crippen molar-refractivity contribution < 1.29 is 43.2 Å². The zero-order valence-corrected chi connectivity index (χ0v) is 28.5. The number of nitrogens with zero attached hydrogens (tertiary/aromatic N) is 1. The third-order valence-electron chi connectivity index (χ3n) is 6.41. The van der Waals surface area contributed by atoms with Crippen LogP contribution in [0.1, 0.15) is 78.4 Å². The molecule has 0 aliphatic heterocycles. The molecule has 12 heteroatoms. The summed E-state index contributed by atoms with van der Waals surface area (Å²) in [6, 6.07) is 17.5. The molecule has 0 fully saturated rings. The number of alkyl carbamates (subject to hydrolysis) is 2. The first-order valence-electron chi connectivity index (χ1n) is 15.9. The highest BCUT2D eigenvalue weighted by Gasteiger charge is 2.29. The number of carbonyl (C=O) groups is 4. The molecule has 2 rings (SSSR count). The van der Waals surface area contributed by atoms with Gasteiger partial charge in [0.2, 0.25) is 0 Å². The molecule has 0 unspecified atom stereocenters. The summed E-state index contributed by atoms with van der Waals surface area (Å²) >= 11 is 0. The molecule has 0 bridgehead atoms. The Morgan fingerprint density at radius 3 is 1.85 bits per heavy atom. The first kappa shape index (κ1) is 38.9. The van der Waals surface area contributed by atoms with Gasteiger partial charge in [-0.15, -0.1) is 0 Å². The van der Waals surface area contributed by atoms with Gasteiger partial charge in [0.1, 0.15) is 30.5 Å². The van der Waals surface area contributed by atoms with Crippen LogP contribution in [0.15, 0.2) is 60.7 Å². The van der Waals surface area contributed by atoms with Crippen molar-refractivity contribution >= 4 is 24.2 Å². The predicted molar refractivity (Wildman–Crippen MR) is 176 cm³/mol. The number of rotatable bonds is 16. The van der Waals surface area contributed by atoms with Gasteiger partial charge in [-0.3, -0.25) is 0 Å². The summed E-state index contributed by atoms with van der Waals surface area (Å²) in [5.74, 6) is -0.590. The molecule has 3 amide bonds. The van der Waals surface area contributed by atoms with E-state index in [1.165, 1.54) is 4.90 Å². The van der Waals surface area contributed by atoms with Crippen LogP contribution in [0, 0.1) is 0 Å². The molecule has 260 valence electrons. The van der Waals surface area contributed by atoms with Crippen LogP contribution in [-0.4, -0.2) is 77.2 Å². The van der Waals surface area contributed by atoms with Gasteiger partial charge in [0, 0.05) is 19.6 Å². The minimum atomic E-state index is -0.961. The van der Waals surface area contributed by atoms with Gasteiger partial charge >= 0.3 is 24.2 Å². The van der Waals surface area contributed by atoms with Gasteiger partial charge < -0.3 is 39.6 Å². The standard InChI is InChI=1S/C35H51N3O9/c1-34(2,3)46-30(40)29(37-32(42)47-35(4,5)6)19-13-14-22-38(33(43)45-25-27-17-11-8-12-18-27)23-28(39)20-21-36-31(41)44-24-26-15-9-7-10-16-26/h7-12,15-18,28-29,39H,13-14,19-25H2,1-6H3,(H,36,41)(H,37,42)/t28-,29+/m1/s1. The first-order chi connectivity index (χ1) is 22.1. The second kappa shape index (κ2) is 19.4. The largest absolute Gasteiger partial charge is 0.458 e. The van der Waals surface area contributed by atoms with E-state index in [-0.39, 0.29) is 45.7 Å². The lowest BCUT2D eigenvalue weighted by molar-refractivity contribution is -0.157. The maximum atomic E-state index is 13.1. The fourth-order valence-electron chi connectivity index (χ4n) is 4.25. The van der Waals surface area contributed by atoms with E-state index in [1.807, 2.05) is 60.7 Å². The second-order valence-electron chi connectivity index (χ2n) is 13.1. The maximum absolute atomic E-state index is 13.1. The Morgan fingerprint density at radius 1 is 0.745 bits per heavy atom. The normalized spacial score (nSPS) is 12.7. The lowest BCUT2D eigenvalue weighted by Crippen LogP contribution is -2.46. The summed E-state index contributed by atoms with van der Waals surface area (Å²) in [7, 11) is 0. The number of esters is 1. The Bertz CT molecular complexity index is 1240. The van der Waals surface area contributed by atoms with Crippen molar-refractivity contribution in [3.05, 3.63) is 71.8 Å². The molecule has 3 N–H and O–H groups in total. The SMILES string of the molecule is CC(C)(C)OC(=O)N[C@@H](CCCCN(C[C@H](O)CCNC(=O)OCc1ccccc1)C(=O)OCc1ccccc1)C(=O)OC(C)(C)C. The second-order valence-corrected chi connectivity index (χ2v) is 13.1. The van der Waals surface area contributed by atoms with E-state index < -0.39 is 47.6 Å². The molecular formula is C35H51N3O9. The molecule has 0 aliphatic rings. The van der Waals surface area contributed by atoms with Crippen LogP contribution in [0.25, 0.3) is 0 Å². The van der Waals surface area contributed by atoms with E-state index in [0.29, 0.717) is 12.8 Å². The lowest BCUT2D eigenvalue weighted by atomic mass is 10.1. The van der Waals surface area contributed by atoms with Gasteiger partial charge in [0.15, 0.2) is 0 Å². The number of ether oxygens (including phenoxy) is 4. The Kier molecular flexibility index (Phi) is 16.0. The van der Waals surface area contributed by atoms with Crippen molar-refractivity contribution in [3.8, 4) is 0 Å². The van der Waals surface area contributed by atoms with Crippen LogP contribution < -0.4 is 10.6 Å². The van der Waals surface area contributed by atoms with E-state index in [0.717, 1.165) is 11.1 Å². The first-order valence-corrected chi connectivity index (χ1v) is 15.9. The number of amides is 3. The van der Waals surface area contributed by atoms with E-state index in [1.54, 1.807) is 41.5 Å². The molecule has 2 aromatic carbocycles. The number of hydrogen-bond acceptors (Lipinski definition) is 9. The minimum absolute atomic E-state index is 0.0416. The number of hydrogen-bond donors (Lipinski definition) is 3. The number of carbonyl (C=O) groups excluding carboxylic acids is 4. The Hall–Kier alpha value is -4.32. The number of nitrogens with one attached hydrogen (secondary N) is 2. The van der Waals surface area contributed by atoms with E-state index in [9.17, 15) is 24.3 Å². The van der Waals surface area contributed by atoms with Crippen molar-refractivity contribution in [1.82, 2.24) is 15.5 Å². The fourth-order valence-corrected chi connectivity index (χ4v) is 4.25. The van der Waals surface area contributed by atoms with Crippen molar-refractivity contribution in [1.29, 1.82) is 0 Å². The number of aliphatic hydroxyl groups excluding tert-OH is 1. The predicted octanol–water partition coefficient (Wildman–Crippen LogP) is 5.71. The van der Waals surface area contributed by atoms with Crippen molar-refractivity contribution in [2.75, 3.05) is 19.6 Å². The molecular weight excluding hydrogens is 606 g/mol. The average molecular weight is 658 g/mol. The molecule has 0 spiro atoms. The van der Waals surface area contributed by atoms with Crippen molar-refractivity contribution in [2.45, 2.75) is 104 Å². The quantitative estimate of drug-likeness (QED) is 0.117. The van der Waals surface area contributed by atoms with Crippen LogP contribution in [-0.2, 0) is 37.0 Å². The summed E-state index contributed by atoms with van der Waals surface area (Å²) in [6.07, 6.45) is -1.64. The van der Waals surface area contributed by atoms with Crippen LogP contribution in [0.3, 0.4) is 0 Å². The molecule has 0 radical (unpaired) electrons. The molecule has 0 heterocycles. The summed E-state index contributed by atoms with van der Waals surface area (Å²) < 4.78 is 21.5. The van der Waals surface area contributed by atoms with Gasteiger partial charge in [0.05, 0.1) is 6.10 Å². The molecule has 0 saturated carbocycles. The third kappa shape index (κ3) is 17.8. The molecule has 2 aromatic rings. The Balaban J connectivity index is 1.94. The number of benzene rings is 2. The van der Waals surface area contributed by atoms with E-state index >= 15 is 0 Å². The lowest BCUT2D eigenvalue weighted by Gasteiger charge is -2.27. The van der Waals surface area contributed by atoms with Crippen molar-refractivity contribution in [2.24, 2.45) is 0 Å². The monoisotopic (exact) mass is 657 g/mol. The van der Waals surface area contributed by atoms with Crippen molar-refractivity contribution in [3.63, 3.8) is 0 Å². The van der Waals surface area contributed by atoms with Gasteiger partial charge in [-0.2, -0.15) is 0 Å². The summed E-state index contributed by atoms with van der Waals surface area (Å²) in [4.78, 5) is 51.9. The highest BCUT2D eigenvalue weighted by molar-refractivity contribution is 5.81. The molecule has 0 aromatic heterocycles. The van der Waals surface area contributed by atoms with E-state index in [4.69, 9.17) is 18.9 Å². The van der Waals surface area contributed by atoms with Crippen LogP contribution in [0.5, 0.6) is 0 Å². The summed E-state index contributed by atoms with van der Waals surface area (Å²) in [5, 5.41) is 15.9. The highest BCUT2D eigenvalue weighted by Crippen LogP contribution is 2.14. The van der Waals surface area contributed by atoms with Gasteiger partial charge in [-0.25, -0.2) is 19.2 Å². The van der Waals surface area contributed by atoms with E-state index in [2.05, 4.69) is 10.6 Å².